The average molecular weight is 384 g/mol. The van der Waals surface area contributed by atoms with E-state index in [0.717, 1.165) is 30.7 Å². The van der Waals surface area contributed by atoms with Gasteiger partial charge in [0.2, 0.25) is 5.91 Å². The molecule has 6 nitrogen and oxygen atoms in total. The Hall–Kier alpha value is -2.60. The van der Waals surface area contributed by atoms with E-state index in [-0.39, 0.29) is 24.3 Å². The maximum atomic E-state index is 13.1. The van der Waals surface area contributed by atoms with E-state index in [1.165, 1.54) is 0 Å². The smallest absolute Gasteiger partial charge is 0.257 e. The van der Waals surface area contributed by atoms with E-state index in [9.17, 15) is 9.59 Å². The third-order valence-corrected chi connectivity index (χ3v) is 4.95. The lowest BCUT2D eigenvalue weighted by Gasteiger charge is -2.25. The van der Waals surface area contributed by atoms with Crippen LogP contribution in [0.3, 0.4) is 0 Å². The molecule has 0 radical (unpaired) electrons. The van der Waals surface area contributed by atoms with Crippen LogP contribution in [0.2, 0.25) is 0 Å². The number of carbonyl (C=O) groups excluding carboxylic acids is 2. The van der Waals surface area contributed by atoms with Crippen molar-refractivity contribution in [1.82, 2.24) is 4.90 Å². The summed E-state index contributed by atoms with van der Waals surface area (Å²) in [6, 6.07) is 9.41. The molecule has 2 aromatic rings. The summed E-state index contributed by atoms with van der Waals surface area (Å²) in [7, 11) is 0. The fourth-order valence-corrected chi connectivity index (χ4v) is 3.42. The molecule has 2 amide bonds. The maximum absolute atomic E-state index is 13.1. The first kappa shape index (κ1) is 20.1. The maximum Gasteiger partial charge on any atom is 0.257 e. The summed E-state index contributed by atoms with van der Waals surface area (Å²) in [5.74, 6) is 1.07. The minimum absolute atomic E-state index is 0.0254. The van der Waals surface area contributed by atoms with Gasteiger partial charge in [0.15, 0.2) is 0 Å². The molecule has 1 aliphatic rings. The van der Waals surface area contributed by atoms with Crippen molar-refractivity contribution < 1.29 is 18.7 Å². The molecule has 1 atom stereocenters. The van der Waals surface area contributed by atoms with Crippen LogP contribution in [-0.2, 0) is 9.53 Å². The Morgan fingerprint density at radius 1 is 1.18 bits per heavy atom. The number of nitrogens with one attached hydrogen (secondary N) is 1. The number of nitrogens with zero attached hydrogens (tertiary/aromatic N) is 1. The number of furan rings is 1. The van der Waals surface area contributed by atoms with Crippen LogP contribution in [0.15, 0.2) is 34.7 Å². The van der Waals surface area contributed by atoms with Crippen molar-refractivity contribution in [2.75, 3.05) is 25.0 Å². The van der Waals surface area contributed by atoms with Gasteiger partial charge in [-0.1, -0.05) is 17.7 Å². The van der Waals surface area contributed by atoms with Crippen LogP contribution in [-0.4, -0.2) is 42.5 Å². The first-order valence-corrected chi connectivity index (χ1v) is 9.77. The Morgan fingerprint density at radius 2 is 1.93 bits per heavy atom. The zero-order valence-corrected chi connectivity index (χ0v) is 16.8. The van der Waals surface area contributed by atoms with Crippen molar-refractivity contribution >= 4 is 17.5 Å². The number of carbonyl (C=O) groups is 2. The quantitative estimate of drug-likeness (QED) is 0.787. The zero-order chi connectivity index (χ0) is 20.1. The second kappa shape index (κ2) is 9.06. The lowest BCUT2D eigenvalue weighted by Crippen LogP contribution is -2.39. The number of anilines is 1. The monoisotopic (exact) mass is 384 g/mol. The van der Waals surface area contributed by atoms with Crippen LogP contribution in [0.4, 0.5) is 5.69 Å². The van der Waals surface area contributed by atoms with E-state index >= 15 is 0 Å². The average Bonchev–Trinajstić information content (AvgIpc) is 3.29. The van der Waals surface area contributed by atoms with Crippen molar-refractivity contribution in [2.24, 2.45) is 0 Å². The van der Waals surface area contributed by atoms with Crippen molar-refractivity contribution in [3.8, 4) is 0 Å². The number of hydrogen-bond donors (Lipinski definition) is 1. The molecule has 28 heavy (non-hydrogen) atoms. The van der Waals surface area contributed by atoms with E-state index in [0.29, 0.717) is 30.2 Å². The van der Waals surface area contributed by atoms with Gasteiger partial charge < -0.3 is 19.4 Å². The van der Waals surface area contributed by atoms with Crippen molar-refractivity contribution in [3.05, 3.63) is 53.0 Å². The van der Waals surface area contributed by atoms with Gasteiger partial charge in [-0.3, -0.25) is 9.59 Å². The first-order valence-electron chi connectivity index (χ1n) is 9.77. The highest BCUT2D eigenvalue weighted by molar-refractivity contribution is 5.96. The fourth-order valence-electron chi connectivity index (χ4n) is 3.42. The van der Waals surface area contributed by atoms with Gasteiger partial charge in [-0.2, -0.15) is 0 Å². The van der Waals surface area contributed by atoms with Crippen LogP contribution >= 0.6 is 0 Å². The molecule has 0 spiro atoms. The topological polar surface area (TPSA) is 71.8 Å². The molecule has 0 aliphatic carbocycles. The summed E-state index contributed by atoms with van der Waals surface area (Å²) >= 11 is 0. The van der Waals surface area contributed by atoms with Crippen LogP contribution in [0.1, 0.15) is 46.7 Å². The van der Waals surface area contributed by atoms with E-state index < -0.39 is 0 Å². The summed E-state index contributed by atoms with van der Waals surface area (Å²) in [6.07, 6.45) is 2.19. The lowest BCUT2D eigenvalue weighted by atomic mass is 10.1. The van der Waals surface area contributed by atoms with Gasteiger partial charge in [0, 0.05) is 31.8 Å². The molecule has 1 fully saturated rings. The van der Waals surface area contributed by atoms with E-state index in [1.54, 1.807) is 17.9 Å². The van der Waals surface area contributed by atoms with Gasteiger partial charge in [0.25, 0.3) is 5.91 Å². The Morgan fingerprint density at radius 3 is 2.54 bits per heavy atom. The lowest BCUT2D eigenvalue weighted by molar-refractivity contribution is -0.116. The summed E-state index contributed by atoms with van der Waals surface area (Å²) in [5.41, 5.74) is 2.44. The first-order chi connectivity index (χ1) is 13.4. The van der Waals surface area contributed by atoms with E-state index in [4.69, 9.17) is 9.15 Å². The summed E-state index contributed by atoms with van der Waals surface area (Å²) in [6.45, 7) is 7.16. The Labute approximate surface area is 165 Å². The van der Waals surface area contributed by atoms with Crippen LogP contribution in [0.5, 0.6) is 0 Å². The fraction of sp³-hybridized carbons (Fsp3) is 0.455. The number of amides is 2. The van der Waals surface area contributed by atoms with Crippen molar-refractivity contribution in [1.29, 1.82) is 0 Å². The summed E-state index contributed by atoms with van der Waals surface area (Å²) < 4.78 is 11.2. The van der Waals surface area contributed by atoms with Crippen LogP contribution < -0.4 is 5.32 Å². The van der Waals surface area contributed by atoms with Crippen LogP contribution in [0, 0.1) is 20.8 Å². The van der Waals surface area contributed by atoms with Crippen molar-refractivity contribution in [2.45, 2.75) is 46.1 Å². The number of hydrogen-bond acceptors (Lipinski definition) is 4. The van der Waals surface area contributed by atoms with Crippen molar-refractivity contribution in [3.63, 3.8) is 0 Å². The Balaban J connectivity index is 1.64. The molecule has 1 saturated heterocycles. The predicted molar refractivity (Wildman–Crippen MR) is 107 cm³/mol. The summed E-state index contributed by atoms with van der Waals surface area (Å²) in [4.78, 5) is 27.1. The molecule has 150 valence electrons. The molecule has 0 bridgehead atoms. The van der Waals surface area contributed by atoms with Gasteiger partial charge in [0.05, 0.1) is 11.7 Å². The molecular weight excluding hydrogens is 356 g/mol. The molecule has 1 N–H and O–H groups in total. The summed E-state index contributed by atoms with van der Waals surface area (Å²) in [5, 5.41) is 2.89. The number of benzene rings is 1. The van der Waals surface area contributed by atoms with Gasteiger partial charge in [-0.05, 0) is 51.8 Å². The van der Waals surface area contributed by atoms with E-state index in [1.807, 2.05) is 38.1 Å². The Bertz CT molecular complexity index is 820. The third-order valence-electron chi connectivity index (χ3n) is 4.95. The number of aryl methyl sites for hydroxylation is 3. The molecule has 3 rings (SSSR count). The molecule has 1 aliphatic heterocycles. The Kier molecular flexibility index (Phi) is 6.52. The van der Waals surface area contributed by atoms with Gasteiger partial charge >= 0.3 is 0 Å². The highest BCUT2D eigenvalue weighted by Crippen LogP contribution is 2.19. The van der Waals surface area contributed by atoms with Gasteiger partial charge in [-0.25, -0.2) is 0 Å². The SMILES string of the molecule is Cc1ccc(NC(=O)CCN(C[C@H]2CCCO2)C(=O)c2cc(C)oc2C)cc1. The predicted octanol–water partition coefficient (Wildman–Crippen LogP) is 3.85. The largest absolute Gasteiger partial charge is 0.466 e. The van der Waals surface area contributed by atoms with E-state index in [2.05, 4.69) is 5.32 Å². The normalized spacial score (nSPS) is 16.2. The molecule has 1 aromatic carbocycles. The highest BCUT2D eigenvalue weighted by Gasteiger charge is 2.26. The zero-order valence-electron chi connectivity index (χ0n) is 16.8. The molecule has 0 saturated carbocycles. The minimum Gasteiger partial charge on any atom is -0.466 e. The second-order valence-electron chi connectivity index (χ2n) is 7.38. The van der Waals surface area contributed by atoms with Gasteiger partial charge in [-0.15, -0.1) is 0 Å². The standard InChI is InChI=1S/C22H28N2O4/c1-15-6-8-18(9-7-15)23-21(25)10-11-24(14-19-5-4-12-27-19)22(26)20-13-16(2)28-17(20)3/h6-9,13,19H,4-5,10-12,14H2,1-3H3,(H,23,25)/t19-/m1/s1. The third kappa shape index (κ3) is 5.23. The molecule has 6 heteroatoms. The highest BCUT2D eigenvalue weighted by atomic mass is 16.5. The van der Waals surface area contributed by atoms with Gasteiger partial charge in [0.1, 0.15) is 11.5 Å². The molecule has 1 aromatic heterocycles. The minimum atomic E-state index is -0.118. The number of rotatable bonds is 7. The molecule has 0 unspecified atom stereocenters. The molecular formula is C22H28N2O4. The second-order valence-corrected chi connectivity index (χ2v) is 7.38. The number of ether oxygens (including phenoxy) is 1. The molecule has 2 heterocycles. The van der Waals surface area contributed by atoms with Crippen LogP contribution in [0.25, 0.3) is 0 Å².